The average molecular weight is 415 g/mol. The van der Waals surface area contributed by atoms with Crippen LogP contribution in [-0.4, -0.2) is 41.3 Å². The highest BCUT2D eigenvalue weighted by atomic mass is 35.5. The molecule has 2 aromatic carbocycles. The molecule has 0 saturated carbocycles. The van der Waals surface area contributed by atoms with Gasteiger partial charge in [-0.1, -0.05) is 41.0 Å². The number of carbonyl (C=O) groups is 1. The Labute approximate surface area is 174 Å². The van der Waals surface area contributed by atoms with Crippen LogP contribution in [0.1, 0.15) is 18.4 Å². The maximum atomic E-state index is 12.3. The van der Waals surface area contributed by atoms with Crippen molar-refractivity contribution in [1.29, 1.82) is 0 Å². The number of nitrogens with one attached hydrogen (secondary N) is 1. The predicted molar refractivity (Wildman–Crippen MR) is 111 cm³/mol. The van der Waals surface area contributed by atoms with Crippen molar-refractivity contribution in [3.63, 3.8) is 0 Å². The molecule has 0 spiro atoms. The van der Waals surface area contributed by atoms with Gasteiger partial charge in [-0.05, 0) is 36.8 Å². The topological polar surface area (TPSA) is 80.5 Å². The third kappa shape index (κ3) is 5.96. The van der Waals surface area contributed by atoms with Gasteiger partial charge < -0.3 is 19.5 Å². The summed E-state index contributed by atoms with van der Waals surface area (Å²) < 4.78 is 10.7. The van der Waals surface area contributed by atoms with Gasteiger partial charge in [-0.25, -0.2) is 4.79 Å². The molecule has 152 valence electrons. The number of aromatic nitrogens is 2. The quantitative estimate of drug-likeness (QED) is 0.598. The molecule has 0 radical (unpaired) electrons. The predicted octanol–water partition coefficient (Wildman–Crippen LogP) is 4.17. The number of nitrogens with zero attached hydrogens (tertiary/aromatic N) is 3. The number of benzene rings is 2. The average Bonchev–Trinajstić information content (AvgIpc) is 3.18. The van der Waals surface area contributed by atoms with Crippen LogP contribution >= 0.6 is 11.6 Å². The molecule has 8 heteroatoms. The van der Waals surface area contributed by atoms with Crippen LogP contribution in [0.3, 0.4) is 0 Å². The van der Waals surface area contributed by atoms with E-state index in [1.54, 1.807) is 24.1 Å². The van der Waals surface area contributed by atoms with Crippen LogP contribution in [0.4, 0.5) is 4.79 Å². The number of urea groups is 1. The van der Waals surface area contributed by atoms with Crippen molar-refractivity contribution in [2.45, 2.75) is 19.9 Å². The van der Waals surface area contributed by atoms with E-state index in [1.165, 1.54) is 0 Å². The fraction of sp³-hybridized carbons (Fsp3) is 0.286. The van der Waals surface area contributed by atoms with Crippen LogP contribution in [-0.2, 0) is 13.0 Å². The van der Waals surface area contributed by atoms with Gasteiger partial charge in [-0.3, -0.25) is 0 Å². The zero-order valence-corrected chi connectivity index (χ0v) is 17.1. The SMILES string of the molecule is CCOc1ccc(CN(C)C(=O)NCCc2nc(-c3cccc(Cl)c3)no2)cc1. The second-order valence-corrected chi connectivity index (χ2v) is 6.87. The first-order valence-electron chi connectivity index (χ1n) is 9.34. The molecule has 7 nitrogen and oxygen atoms in total. The third-order valence-corrected chi connectivity index (χ3v) is 4.40. The highest BCUT2D eigenvalue weighted by molar-refractivity contribution is 6.30. The van der Waals surface area contributed by atoms with Crippen LogP contribution < -0.4 is 10.1 Å². The van der Waals surface area contributed by atoms with E-state index in [2.05, 4.69) is 15.5 Å². The molecule has 0 saturated heterocycles. The Bertz CT molecular complexity index is 943. The lowest BCUT2D eigenvalue weighted by molar-refractivity contribution is 0.206. The van der Waals surface area contributed by atoms with E-state index in [4.69, 9.17) is 20.9 Å². The van der Waals surface area contributed by atoms with Crippen molar-refractivity contribution >= 4 is 17.6 Å². The molecule has 3 rings (SSSR count). The summed E-state index contributed by atoms with van der Waals surface area (Å²) in [6, 6.07) is 14.8. The van der Waals surface area contributed by atoms with E-state index in [1.807, 2.05) is 43.3 Å². The number of amides is 2. The summed E-state index contributed by atoms with van der Waals surface area (Å²) in [5, 5.41) is 7.42. The molecular formula is C21H23ClN4O3. The van der Waals surface area contributed by atoms with E-state index >= 15 is 0 Å². The van der Waals surface area contributed by atoms with Gasteiger partial charge in [0.1, 0.15) is 5.75 Å². The van der Waals surface area contributed by atoms with Gasteiger partial charge in [0.05, 0.1) is 6.61 Å². The Morgan fingerprint density at radius 1 is 1.24 bits per heavy atom. The Kier molecular flexibility index (Phi) is 7.08. The van der Waals surface area contributed by atoms with Crippen molar-refractivity contribution in [2.24, 2.45) is 0 Å². The van der Waals surface area contributed by atoms with Crippen LogP contribution in [0.5, 0.6) is 5.75 Å². The first-order valence-corrected chi connectivity index (χ1v) is 9.72. The smallest absolute Gasteiger partial charge is 0.317 e. The zero-order chi connectivity index (χ0) is 20.6. The minimum absolute atomic E-state index is 0.173. The molecule has 1 N–H and O–H groups in total. The summed E-state index contributed by atoms with van der Waals surface area (Å²) in [6.07, 6.45) is 0.441. The lowest BCUT2D eigenvalue weighted by Crippen LogP contribution is -2.37. The number of ether oxygens (including phenoxy) is 1. The summed E-state index contributed by atoms with van der Waals surface area (Å²) in [4.78, 5) is 18.2. The summed E-state index contributed by atoms with van der Waals surface area (Å²) in [6.45, 7) is 3.46. The number of halogens is 1. The van der Waals surface area contributed by atoms with E-state index in [0.717, 1.165) is 16.9 Å². The third-order valence-electron chi connectivity index (χ3n) is 4.17. The molecule has 0 aliphatic rings. The van der Waals surface area contributed by atoms with Gasteiger partial charge in [0.15, 0.2) is 0 Å². The van der Waals surface area contributed by atoms with E-state index in [0.29, 0.717) is 42.9 Å². The molecular weight excluding hydrogens is 392 g/mol. The van der Waals surface area contributed by atoms with Gasteiger partial charge in [-0.2, -0.15) is 4.98 Å². The molecule has 0 fully saturated rings. The fourth-order valence-corrected chi connectivity index (χ4v) is 2.91. The Morgan fingerprint density at radius 3 is 2.76 bits per heavy atom. The molecule has 0 aliphatic carbocycles. The van der Waals surface area contributed by atoms with E-state index < -0.39 is 0 Å². The molecule has 0 atom stereocenters. The second kappa shape index (κ2) is 9.93. The lowest BCUT2D eigenvalue weighted by atomic mass is 10.2. The maximum Gasteiger partial charge on any atom is 0.317 e. The van der Waals surface area contributed by atoms with Crippen molar-refractivity contribution in [1.82, 2.24) is 20.4 Å². The minimum atomic E-state index is -0.173. The fourth-order valence-electron chi connectivity index (χ4n) is 2.72. The highest BCUT2D eigenvalue weighted by Gasteiger charge is 2.12. The molecule has 0 aliphatic heterocycles. The van der Waals surface area contributed by atoms with E-state index in [-0.39, 0.29) is 6.03 Å². The van der Waals surface area contributed by atoms with Gasteiger partial charge in [0.2, 0.25) is 11.7 Å². The van der Waals surface area contributed by atoms with Gasteiger partial charge in [0, 0.05) is 37.1 Å². The maximum absolute atomic E-state index is 12.3. The summed E-state index contributed by atoms with van der Waals surface area (Å²) >= 11 is 5.98. The summed E-state index contributed by atoms with van der Waals surface area (Å²) in [7, 11) is 1.75. The van der Waals surface area contributed by atoms with E-state index in [9.17, 15) is 4.79 Å². The largest absolute Gasteiger partial charge is 0.494 e. The monoisotopic (exact) mass is 414 g/mol. The van der Waals surface area contributed by atoms with Crippen molar-refractivity contribution in [3.8, 4) is 17.1 Å². The highest BCUT2D eigenvalue weighted by Crippen LogP contribution is 2.20. The van der Waals surface area contributed by atoms with Crippen LogP contribution in [0.15, 0.2) is 53.1 Å². The number of hydrogen-bond donors (Lipinski definition) is 1. The lowest BCUT2D eigenvalue weighted by Gasteiger charge is -2.18. The summed E-state index contributed by atoms with van der Waals surface area (Å²) in [5.41, 5.74) is 1.81. The number of rotatable bonds is 8. The molecule has 0 bridgehead atoms. The van der Waals surface area contributed by atoms with Gasteiger partial charge in [0.25, 0.3) is 0 Å². The summed E-state index contributed by atoms with van der Waals surface area (Å²) in [5.74, 6) is 1.75. The zero-order valence-electron chi connectivity index (χ0n) is 16.4. The van der Waals surface area contributed by atoms with Gasteiger partial charge in [-0.15, -0.1) is 0 Å². The van der Waals surface area contributed by atoms with Gasteiger partial charge >= 0.3 is 6.03 Å². The molecule has 3 aromatic rings. The molecule has 29 heavy (non-hydrogen) atoms. The van der Waals surface area contributed by atoms with Crippen LogP contribution in [0.25, 0.3) is 11.4 Å². The number of hydrogen-bond acceptors (Lipinski definition) is 5. The first-order chi connectivity index (χ1) is 14.0. The van der Waals surface area contributed by atoms with Crippen LogP contribution in [0, 0.1) is 0 Å². The van der Waals surface area contributed by atoms with Crippen molar-refractivity contribution in [2.75, 3.05) is 20.2 Å². The molecule has 1 heterocycles. The normalized spacial score (nSPS) is 10.6. The Balaban J connectivity index is 1.45. The molecule has 1 aromatic heterocycles. The number of carbonyl (C=O) groups excluding carboxylic acids is 1. The van der Waals surface area contributed by atoms with Crippen molar-refractivity contribution in [3.05, 3.63) is 65.0 Å². The Hall–Kier alpha value is -3.06. The first kappa shape index (κ1) is 20.7. The Morgan fingerprint density at radius 2 is 2.03 bits per heavy atom. The molecule has 0 unspecified atom stereocenters. The minimum Gasteiger partial charge on any atom is -0.494 e. The van der Waals surface area contributed by atoms with Crippen molar-refractivity contribution < 1.29 is 14.1 Å². The molecule has 2 amide bonds. The van der Waals surface area contributed by atoms with Crippen LogP contribution in [0.2, 0.25) is 5.02 Å². The standard InChI is InChI=1S/C21H23ClN4O3/c1-3-28-18-9-7-15(8-10-18)14-26(2)21(27)23-12-11-19-24-20(25-29-19)16-5-4-6-17(22)13-16/h4-10,13H,3,11-12,14H2,1-2H3,(H,23,27). The second-order valence-electron chi connectivity index (χ2n) is 6.44.